The van der Waals surface area contributed by atoms with Crippen molar-refractivity contribution < 1.29 is 31.4 Å². The Bertz CT molecular complexity index is 225. The van der Waals surface area contributed by atoms with E-state index in [0.29, 0.717) is 0 Å². The molecule has 0 atom stereocenters. The van der Waals surface area contributed by atoms with Crippen molar-refractivity contribution in [1.82, 2.24) is 0 Å². The lowest BCUT2D eigenvalue weighted by atomic mass is 9.71. The number of aliphatic hydroxyl groups is 1. The third-order valence-corrected chi connectivity index (χ3v) is 2.67. The Morgan fingerprint density at radius 1 is 0.875 bits per heavy atom. The highest BCUT2D eigenvalue weighted by Crippen LogP contribution is 2.54. The Morgan fingerprint density at radius 3 is 1.38 bits per heavy atom. The van der Waals surface area contributed by atoms with Crippen molar-refractivity contribution in [3.05, 3.63) is 0 Å². The van der Waals surface area contributed by atoms with E-state index in [-0.39, 0.29) is 12.8 Å². The summed E-state index contributed by atoms with van der Waals surface area (Å²) >= 11 is 0. The maximum absolute atomic E-state index is 12.4. The van der Waals surface area contributed by atoms with Crippen LogP contribution in [-0.2, 0) is 0 Å². The Morgan fingerprint density at radius 2 is 1.19 bits per heavy atom. The molecule has 0 aromatic carbocycles. The zero-order valence-corrected chi connectivity index (χ0v) is 9.13. The summed E-state index contributed by atoms with van der Waals surface area (Å²) in [4.78, 5) is 0. The SMILES string of the molecule is CCCC(C)(C)C(O)(C(F)(F)F)C(F)(F)F. The highest BCUT2D eigenvalue weighted by Gasteiger charge is 2.76. The van der Waals surface area contributed by atoms with Crippen LogP contribution < -0.4 is 0 Å². The molecule has 0 bridgehead atoms. The van der Waals surface area contributed by atoms with Gasteiger partial charge in [0.1, 0.15) is 0 Å². The first-order valence-electron chi connectivity index (χ1n) is 4.67. The van der Waals surface area contributed by atoms with Crippen LogP contribution in [0.15, 0.2) is 0 Å². The van der Waals surface area contributed by atoms with Gasteiger partial charge in [-0.15, -0.1) is 0 Å². The number of rotatable bonds is 3. The monoisotopic (exact) mass is 252 g/mol. The molecule has 98 valence electrons. The summed E-state index contributed by atoms with van der Waals surface area (Å²) in [5, 5.41) is 9.09. The van der Waals surface area contributed by atoms with Gasteiger partial charge in [-0.1, -0.05) is 27.2 Å². The molecule has 0 amide bonds. The topological polar surface area (TPSA) is 20.2 Å². The lowest BCUT2D eigenvalue weighted by Crippen LogP contribution is -2.65. The van der Waals surface area contributed by atoms with Gasteiger partial charge in [-0.05, 0) is 6.42 Å². The van der Waals surface area contributed by atoms with Crippen LogP contribution in [0.5, 0.6) is 0 Å². The Kier molecular flexibility index (Phi) is 3.97. The zero-order valence-electron chi connectivity index (χ0n) is 9.13. The molecule has 0 spiro atoms. The van der Waals surface area contributed by atoms with E-state index in [1.165, 1.54) is 6.92 Å². The highest BCUT2D eigenvalue weighted by atomic mass is 19.4. The molecule has 0 aliphatic rings. The summed E-state index contributed by atoms with van der Waals surface area (Å²) in [6.45, 7) is 2.98. The van der Waals surface area contributed by atoms with E-state index < -0.39 is 23.4 Å². The molecule has 16 heavy (non-hydrogen) atoms. The summed E-state index contributed by atoms with van der Waals surface area (Å²) in [5.74, 6) is 0. The van der Waals surface area contributed by atoms with Crippen LogP contribution in [-0.4, -0.2) is 23.1 Å². The number of alkyl halides is 6. The minimum absolute atomic E-state index is 0.113. The minimum Gasteiger partial charge on any atom is -0.373 e. The second-order valence-corrected chi connectivity index (χ2v) is 4.34. The first kappa shape index (κ1) is 15.5. The molecule has 0 saturated carbocycles. The van der Waals surface area contributed by atoms with E-state index in [9.17, 15) is 26.3 Å². The van der Waals surface area contributed by atoms with Gasteiger partial charge in [0.25, 0.3) is 5.60 Å². The predicted molar refractivity (Wildman–Crippen MR) is 45.7 cm³/mol. The van der Waals surface area contributed by atoms with Gasteiger partial charge < -0.3 is 5.11 Å². The van der Waals surface area contributed by atoms with Gasteiger partial charge in [-0.25, -0.2) is 0 Å². The van der Waals surface area contributed by atoms with E-state index in [2.05, 4.69) is 0 Å². The summed E-state index contributed by atoms with van der Waals surface area (Å²) in [6.07, 6.45) is -11.8. The maximum atomic E-state index is 12.4. The Hall–Kier alpha value is -0.460. The molecule has 0 unspecified atom stereocenters. The van der Waals surface area contributed by atoms with Crippen molar-refractivity contribution in [2.75, 3.05) is 0 Å². The summed E-state index contributed by atoms with van der Waals surface area (Å²) in [6, 6.07) is 0. The molecule has 1 nitrogen and oxygen atoms in total. The fourth-order valence-corrected chi connectivity index (χ4v) is 1.73. The van der Waals surface area contributed by atoms with Crippen LogP contribution in [0.1, 0.15) is 33.6 Å². The van der Waals surface area contributed by atoms with Gasteiger partial charge in [-0.3, -0.25) is 0 Å². The highest BCUT2D eigenvalue weighted by molar-refractivity contribution is 5.04. The van der Waals surface area contributed by atoms with E-state index in [0.717, 1.165) is 13.8 Å². The third-order valence-electron chi connectivity index (χ3n) is 2.67. The fraction of sp³-hybridized carbons (Fsp3) is 1.00. The molecule has 0 heterocycles. The third kappa shape index (κ3) is 2.28. The number of hydrogen-bond acceptors (Lipinski definition) is 1. The first-order chi connectivity index (χ1) is 6.81. The number of halogens is 6. The normalized spacial score (nSPS) is 15.4. The number of hydrogen-bond donors (Lipinski definition) is 1. The van der Waals surface area contributed by atoms with Crippen LogP contribution >= 0.6 is 0 Å². The van der Waals surface area contributed by atoms with Crippen molar-refractivity contribution in [3.63, 3.8) is 0 Å². The fourth-order valence-electron chi connectivity index (χ4n) is 1.73. The van der Waals surface area contributed by atoms with Crippen LogP contribution in [0.4, 0.5) is 26.3 Å². The summed E-state index contributed by atoms with van der Waals surface area (Å²) < 4.78 is 74.7. The molecule has 7 heteroatoms. The minimum atomic E-state index is -5.75. The molecule has 0 radical (unpaired) electrons. The van der Waals surface area contributed by atoms with Crippen LogP contribution in [0.3, 0.4) is 0 Å². The molecule has 0 saturated heterocycles. The molecule has 1 N–H and O–H groups in total. The molecule has 0 aromatic heterocycles. The summed E-state index contributed by atoms with van der Waals surface area (Å²) in [7, 11) is 0. The molecular weight excluding hydrogens is 238 g/mol. The van der Waals surface area contributed by atoms with Gasteiger partial charge in [0.15, 0.2) is 0 Å². The molecule has 0 aliphatic heterocycles. The van der Waals surface area contributed by atoms with Crippen molar-refractivity contribution in [1.29, 1.82) is 0 Å². The average molecular weight is 252 g/mol. The molecular formula is C9H14F6O. The van der Waals surface area contributed by atoms with Gasteiger partial charge >= 0.3 is 12.4 Å². The lowest BCUT2D eigenvalue weighted by Gasteiger charge is -2.44. The molecule has 0 aliphatic carbocycles. The Balaban J connectivity index is 5.61. The van der Waals surface area contributed by atoms with Crippen LogP contribution in [0, 0.1) is 5.41 Å². The molecule has 0 rings (SSSR count). The van der Waals surface area contributed by atoms with E-state index >= 15 is 0 Å². The largest absolute Gasteiger partial charge is 0.426 e. The second-order valence-electron chi connectivity index (χ2n) is 4.34. The molecule has 0 fully saturated rings. The van der Waals surface area contributed by atoms with Gasteiger partial charge in [0.05, 0.1) is 0 Å². The average Bonchev–Trinajstić information content (AvgIpc) is 1.98. The zero-order chi connectivity index (χ0) is 13.4. The molecule has 0 aromatic rings. The second kappa shape index (κ2) is 4.09. The van der Waals surface area contributed by atoms with Crippen LogP contribution in [0.25, 0.3) is 0 Å². The first-order valence-corrected chi connectivity index (χ1v) is 4.67. The van der Waals surface area contributed by atoms with Gasteiger partial charge in [0, 0.05) is 5.41 Å². The van der Waals surface area contributed by atoms with Gasteiger partial charge in [-0.2, -0.15) is 26.3 Å². The maximum Gasteiger partial charge on any atom is 0.426 e. The van der Waals surface area contributed by atoms with Crippen molar-refractivity contribution >= 4 is 0 Å². The lowest BCUT2D eigenvalue weighted by molar-refractivity contribution is -0.400. The van der Waals surface area contributed by atoms with Crippen LogP contribution in [0.2, 0.25) is 0 Å². The Labute approximate surface area is 89.4 Å². The van der Waals surface area contributed by atoms with E-state index in [4.69, 9.17) is 5.11 Å². The predicted octanol–water partition coefficient (Wildman–Crippen LogP) is 3.67. The van der Waals surface area contributed by atoms with E-state index in [1.54, 1.807) is 0 Å². The van der Waals surface area contributed by atoms with E-state index in [1.807, 2.05) is 0 Å². The smallest absolute Gasteiger partial charge is 0.373 e. The standard InChI is InChI=1S/C9H14F6O/c1-4-5-6(2,3)7(16,8(10,11)12)9(13,14)15/h16H,4-5H2,1-3H3. The quantitative estimate of drug-likeness (QED) is 0.760. The van der Waals surface area contributed by atoms with Gasteiger partial charge in [0.2, 0.25) is 0 Å². The van der Waals surface area contributed by atoms with Crippen molar-refractivity contribution in [2.45, 2.75) is 51.6 Å². The van der Waals surface area contributed by atoms with Crippen molar-refractivity contribution in [3.8, 4) is 0 Å². The van der Waals surface area contributed by atoms with Crippen molar-refractivity contribution in [2.24, 2.45) is 5.41 Å². The summed E-state index contributed by atoms with van der Waals surface area (Å²) in [5.41, 5.74) is -7.00.